The third kappa shape index (κ3) is 2.22. The SMILES string of the molecule is CC(C)([S+]=O)C1C[CH]CCC1. The van der Waals surface area contributed by atoms with Gasteiger partial charge in [-0.05, 0) is 19.3 Å². The molecule has 0 saturated heterocycles. The first-order chi connectivity index (χ1) is 5.17. The molecule has 1 radical (unpaired) electrons. The molecule has 0 amide bonds. The lowest BCUT2D eigenvalue weighted by Gasteiger charge is -2.24. The van der Waals surface area contributed by atoms with E-state index in [2.05, 4.69) is 20.3 Å². The average molecular weight is 172 g/mol. The van der Waals surface area contributed by atoms with Crippen LogP contribution in [0.25, 0.3) is 0 Å². The Labute approximate surface area is 73.1 Å². The van der Waals surface area contributed by atoms with E-state index in [0.717, 1.165) is 18.1 Å². The van der Waals surface area contributed by atoms with Crippen molar-refractivity contribution in [2.24, 2.45) is 5.92 Å². The maximum atomic E-state index is 10.8. The first-order valence-corrected chi connectivity index (χ1v) is 5.03. The molecule has 0 aromatic heterocycles. The van der Waals surface area contributed by atoms with Crippen LogP contribution in [0, 0.1) is 12.3 Å². The molecule has 1 atom stereocenters. The maximum absolute atomic E-state index is 10.8. The van der Waals surface area contributed by atoms with Crippen LogP contribution in [0.1, 0.15) is 39.5 Å². The molecular formula is C9H16OS+. The third-order valence-electron chi connectivity index (χ3n) is 2.61. The summed E-state index contributed by atoms with van der Waals surface area (Å²) in [6.07, 6.45) is 7.22. The Morgan fingerprint density at radius 3 is 2.73 bits per heavy atom. The quantitative estimate of drug-likeness (QED) is 0.585. The molecule has 63 valence electrons. The van der Waals surface area contributed by atoms with Crippen molar-refractivity contribution in [2.75, 3.05) is 0 Å². The smallest absolute Gasteiger partial charge is 0.0525 e. The second kappa shape index (κ2) is 3.61. The second-order valence-corrected chi connectivity index (χ2v) is 5.06. The Bertz CT molecular complexity index is 136. The first-order valence-electron chi connectivity index (χ1n) is 4.29. The lowest BCUT2D eigenvalue weighted by Crippen LogP contribution is -2.31. The van der Waals surface area contributed by atoms with Gasteiger partial charge in [0.05, 0.1) is 0 Å². The van der Waals surface area contributed by atoms with Gasteiger partial charge >= 0.3 is 11.7 Å². The van der Waals surface area contributed by atoms with E-state index in [1.54, 1.807) is 0 Å². The van der Waals surface area contributed by atoms with Gasteiger partial charge in [0, 0.05) is 24.0 Å². The van der Waals surface area contributed by atoms with Gasteiger partial charge in [0.15, 0.2) is 0 Å². The predicted octanol–water partition coefficient (Wildman–Crippen LogP) is 2.59. The van der Waals surface area contributed by atoms with Crippen LogP contribution in [0.3, 0.4) is 0 Å². The highest BCUT2D eigenvalue weighted by Crippen LogP contribution is 2.32. The molecule has 1 fully saturated rings. The lowest BCUT2D eigenvalue weighted by molar-refractivity contribution is 0.340. The fourth-order valence-electron chi connectivity index (χ4n) is 1.64. The molecule has 2 heteroatoms. The molecule has 0 aromatic rings. The lowest BCUT2D eigenvalue weighted by atomic mass is 9.81. The monoisotopic (exact) mass is 172 g/mol. The molecule has 0 aromatic carbocycles. The highest BCUT2D eigenvalue weighted by molar-refractivity contribution is 7.67. The zero-order valence-electron chi connectivity index (χ0n) is 7.30. The fraction of sp³-hybridized carbons (Fsp3) is 0.889. The van der Waals surface area contributed by atoms with Gasteiger partial charge in [-0.2, -0.15) is 0 Å². The summed E-state index contributed by atoms with van der Waals surface area (Å²) in [5.41, 5.74) is 0. The number of hydrogen-bond acceptors (Lipinski definition) is 1. The van der Waals surface area contributed by atoms with Crippen molar-refractivity contribution < 1.29 is 4.21 Å². The average Bonchev–Trinajstić information content (AvgIpc) is 2.06. The molecular weight excluding hydrogens is 156 g/mol. The summed E-state index contributed by atoms with van der Waals surface area (Å²) in [4.78, 5) is 0. The van der Waals surface area contributed by atoms with Gasteiger partial charge in [-0.15, -0.1) is 0 Å². The van der Waals surface area contributed by atoms with Crippen molar-refractivity contribution in [3.05, 3.63) is 6.42 Å². The van der Waals surface area contributed by atoms with Crippen molar-refractivity contribution in [1.82, 2.24) is 0 Å². The molecule has 1 saturated carbocycles. The fourth-order valence-corrected chi connectivity index (χ4v) is 2.00. The molecule has 11 heavy (non-hydrogen) atoms. The van der Waals surface area contributed by atoms with E-state index in [1.807, 2.05) is 0 Å². The predicted molar refractivity (Wildman–Crippen MR) is 48.4 cm³/mol. The molecule has 1 rings (SSSR count). The maximum Gasteiger partial charge on any atom is 0.465 e. The van der Waals surface area contributed by atoms with E-state index in [9.17, 15) is 4.21 Å². The highest BCUT2D eigenvalue weighted by Gasteiger charge is 2.42. The van der Waals surface area contributed by atoms with Crippen molar-refractivity contribution in [2.45, 2.75) is 44.3 Å². The topological polar surface area (TPSA) is 17.1 Å². The van der Waals surface area contributed by atoms with Crippen LogP contribution in [0.2, 0.25) is 0 Å². The van der Waals surface area contributed by atoms with Crippen molar-refractivity contribution in [3.8, 4) is 0 Å². The highest BCUT2D eigenvalue weighted by atomic mass is 32.1. The van der Waals surface area contributed by atoms with Gasteiger partial charge in [0.2, 0.25) is 4.75 Å². The Hall–Kier alpha value is 0.0200. The Morgan fingerprint density at radius 2 is 2.27 bits per heavy atom. The van der Waals surface area contributed by atoms with Crippen LogP contribution in [-0.2, 0) is 15.9 Å². The van der Waals surface area contributed by atoms with Gasteiger partial charge in [-0.1, -0.05) is 12.8 Å². The van der Waals surface area contributed by atoms with E-state index in [-0.39, 0.29) is 4.75 Å². The van der Waals surface area contributed by atoms with E-state index in [4.69, 9.17) is 0 Å². The normalized spacial score (nSPS) is 21.6. The zero-order chi connectivity index (χ0) is 8.32. The zero-order valence-corrected chi connectivity index (χ0v) is 8.12. The summed E-state index contributed by atoms with van der Waals surface area (Å²) in [6.45, 7) is 4.13. The summed E-state index contributed by atoms with van der Waals surface area (Å²) >= 11 is 0.764. The minimum atomic E-state index is -0.0586. The van der Waals surface area contributed by atoms with Crippen molar-refractivity contribution in [3.63, 3.8) is 0 Å². The van der Waals surface area contributed by atoms with Crippen LogP contribution in [0.4, 0.5) is 0 Å². The largest absolute Gasteiger partial charge is 0.465 e. The van der Waals surface area contributed by atoms with E-state index in [0.29, 0.717) is 5.92 Å². The summed E-state index contributed by atoms with van der Waals surface area (Å²) in [5, 5.41) is 0. The Morgan fingerprint density at radius 1 is 1.55 bits per heavy atom. The number of rotatable bonds is 2. The van der Waals surface area contributed by atoms with E-state index < -0.39 is 0 Å². The molecule has 0 heterocycles. The standard InChI is InChI=1S/C9H16OS/c1-9(2,11-10)8-6-4-3-5-7-8/h4,8H,3,5-7H2,1-2H3/q+1. The minimum absolute atomic E-state index is 0.0586. The van der Waals surface area contributed by atoms with Crippen molar-refractivity contribution >= 4 is 11.7 Å². The molecule has 0 N–H and O–H groups in total. The molecule has 1 aliphatic carbocycles. The van der Waals surface area contributed by atoms with Crippen LogP contribution >= 0.6 is 0 Å². The van der Waals surface area contributed by atoms with Crippen LogP contribution in [0.5, 0.6) is 0 Å². The van der Waals surface area contributed by atoms with Gasteiger partial charge < -0.3 is 0 Å². The minimum Gasteiger partial charge on any atom is -0.0525 e. The van der Waals surface area contributed by atoms with E-state index >= 15 is 0 Å². The molecule has 0 aliphatic heterocycles. The third-order valence-corrected chi connectivity index (χ3v) is 3.37. The molecule has 1 aliphatic rings. The first kappa shape index (κ1) is 9.11. The van der Waals surface area contributed by atoms with Gasteiger partial charge in [0.25, 0.3) is 0 Å². The summed E-state index contributed by atoms with van der Waals surface area (Å²) < 4.78 is 10.7. The number of hydrogen-bond donors (Lipinski definition) is 0. The van der Waals surface area contributed by atoms with E-state index in [1.165, 1.54) is 19.3 Å². The molecule has 1 unspecified atom stereocenters. The second-order valence-electron chi connectivity index (χ2n) is 3.84. The summed E-state index contributed by atoms with van der Waals surface area (Å²) in [6, 6.07) is 0. The molecule has 0 bridgehead atoms. The summed E-state index contributed by atoms with van der Waals surface area (Å²) in [7, 11) is 0. The van der Waals surface area contributed by atoms with Gasteiger partial charge in [-0.3, -0.25) is 0 Å². The van der Waals surface area contributed by atoms with Crippen LogP contribution < -0.4 is 0 Å². The molecule has 0 spiro atoms. The van der Waals surface area contributed by atoms with Crippen LogP contribution in [0.15, 0.2) is 0 Å². The van der Waals surface area contributed by atoms with Crippen LogP contribution in [-0.4, -0.2) is 4.75 Å². The van der Waals surface area contributed by atoms with Gasteiger partial charge in [-0.25, -0.2) is 0 Å². The van der Waals surface area contributed by atoms with Gasteiger partial charge in [0.1, 0.15) is 0 Å². The Balaban J connectivity index is 2.50. The summed E-state index contributed by atoms with van der Waals surface area (Å²) in [5.74, 6) is 0.610. The Kier molecular flexibility index (Phi) is 2.99. The van der Waals surface area contributed by atoms with Crippen molar-refractivity contribution in [1.29, 1.82) is 0 Å². The molecule has 1 nitrogen and oxygen atoms in total.